The molecule has 1 saturated heterocycles. The third-order valence-corrected chi connectivity index (χ3v) is 6.89. The highest BCUT2D eigenvalue weighted by molar-refractivity contribution is 5.94. The Balaban J connectivity index is 1.31. The lowest BCUT2D eigenvalue weighted by molar-refractivity contribution is 0.0790. The minimum atomic E-state index is -0.413. The Labute approximate surface area is 175 Å². The molecule has 1 saturated carbocycles. The van der Waals surface area contributed by atoms with E-state index in [4.69, 9.17) is 4.98 Å². The molecule has 2 aliphatic heterocycles. The number of halogens is 1. The van der Waals surface area contributed by atoms with E-state index >= 15 is 0 Å². The molecule has 0 unspecified atom stereocenters. The first kappa shape index (κ1) is 19.4. The topological polar surface area (TPSA) is 69.3 Å². The molecule has 1 aromatic heterocycles. The van der Waals surface area contributed by atoms with Crippen LogP contribution in [0.15, 0.2) is 29.1 Å². The first-order valence-electron chi connectivity index (χ1n) is 11.0. The van der Waals surface area contributed by atoms with Crippen LogP contribution >= 0.6 is 0 Å². The Bertz CT molecular complexity index is 1010. The quantitative estimate of drug-likeness (QED) is 0.845. The summed E-state index contributed by atoms with van der Waals surface area (Å²) in [6, 6.07) is 6.39. The number of nitrogens with zero attached hydrogens (tertiary/aromatic N) is 3. The fourth-order valence-electron chi connectivity index (χ4n) is 5.21. The molecule has 1 N–H and O–H groups in total. The van der Waals surface area contributed by atoms with Crippen molar-refractivity contribution in [2.24, 2.45) is 0 Å². The molecule has 1 aromatic carbocycles. The lowest BCUT2D eigenvalue weighted by Crippen LogP contribution is -2.41. The van der Waals surface area contributed by atoms with Crippen molar-refractivity contribution in [1.29, 1.82) is 0 Å². The molecule has 3 heterocycles. The maximum Gasteiger partial charge on any atom is 0.255 e. The molecule has 5 rings (SSSR count). The van der Waals surface area contributed by atoms with Gasteiger partial charge in [0.15, 0.2) is 0 Å². The number of fused-ring (bicyclic) bond motifs is 1. The summed E-state index contributed by atoms with van der Waals surface area (Å²) in [6.45, 7) is 2.72. The van der Waals surface area contributed by atoms with Gasteiger partial charge in [-0.3, -0.25) is 14.5 Å². The van der Waals surface area contributed by atoms with E-state index in [0.29, 0.717) is 37.1 Å². The highest BCUT2D eigenvalue weighted by atomic mass is 19.1. The van der Waals surface area contributed by atoms with Gasteiger partial charge in [0.1, 0.15) is 11.6 Å². The molecule has 0 radical (unpaired) electrons. The van der Waals surface area contributed by atoms with Crippen LogP contribution in [0.5, 0.6) is 0 Å². The van der Waals surface area contributed by atoms with Gasteiger partial charge >= 0.3 is 0 Å². The summed E-state index contributed by atoms with van der Waals surface area (Å²) in [6.07, 6.45) is 6.59. The first-order chi connectivity index (χ1) is 14.6. The zero-order valence-corrected chi connectivity index (χ0v) is 17.1. The molecule has 1 aliphatic carbocycles. The largest absolute Gasteiger partial charge is 0.338 e. The number of hydrogen-bond acceptors (Lipinski definition) is 4. The van der Waals surface area contributed by atoms with Crippen molar-refractivity contribution >= 4 is 5.91 Å². The number of likely N-dealkylation sites (tertiary alicyclic amines) is 1. The molecule has 2 fully saturated rings. The van der Waals surface area contributed by atoms with E-state index in [0.717, 1.165) is 30.6 Å². The number of aromatic amines is 1. The Morgan fingerprint density at radius 2 is 2.00 bits per heavy atom. The van der Waals surface area contributed by atoms with Gasteiger partial charge < -0.3 is 9.88 Å². The van der Waals surface area contributed by atoms with Gasteiger partial charge in [-0.2, -0.15) is 0 Å². The van der Waals surface area contributed by atoms with Gasteiger partial charge in [0.05, 0.1) is 11.3 Å². The molecule has 3 aliphatic rings. The van der Waals surface area contributed by atoms with Crippen molar-refractivity contribution in [3.8, 4) is 0 Å². The summed E-state index contributed by atoms with van der Waals surface area (Å²) in [5.74, 6) is 0.101. The molecule has 7 heteroatoms. The maximum atomic E-state index is 13.5. The van der Waals surface area contributed by atoms with Crippen molar-refractivity contribution < 1.29 is 9.18 Å². The second-order valence-corrected chi connectivity index (χ2v) is 8.78. The fraction of sp³-hybridized carbons (Fsp3) is 0.522. The number of aromatic nitrogens is 2. The van der Waals surface area contributed by atoms with Gasteiger partial charge in [-0.05, 0) is 37.5 Å². The predicted octanol–water partition coefficient (Wildman–Crippen LogP) is 2.84. The van der Waals surface area contributed by atoms with Gasteiger partial charge in [0.25, 0.3) is 11.5 Å². The summed E-state index contributed by atoms with van der Waals surface area (Å²) in [5, 5.41) is 0. The van der Waals surface area contributed by atoms with Crippen LogP contribution in [0, 0.1) is 5.82 Å². The highest BCUT2D eigenvalue weighted by Crippen LogP contribution is 2.29. The number of hydrogen-bond donors (Lipinski definition) is 1. The van der Waals surface area contributed by atoms with Crippen molar-refractivity contribution in [2.45, 2.75) is 57.0 Å². The van der Waals surface area contributed by atoms with Crippen LogP contribution in [0.2, 0.25) is 0 Å². The SMILES string of the molecule is O=C(c1cccc(F)c1)N1CC[C@H](c2nc3c(c(=O)[nH]2)CN(C2CCCC2)CC3)C1. The van der Waals surface area contributed by atoms with E-state index in [1.54, 1.807) is 17.0 Å². The lowest BCUT2D eigenvalue weighted by atomic mass is 10.0. The van der Waals surface area contributed by atoms with Gasteiger partial charge in [-0.25, -0.2) is 9.37 Å². The first-order valence-corrected chi connectivity index (χ1v) is 11.0. The molecular weight excluding hydrogens is 383 g/mol. The Morgan fingerprint density at radius 3 is 2.80 bits per heavy atom. The van der Waals surface area contributed by atoms with Crippen LogP contribution in [0.25, 0.3) is 0 Å². The second-order valence-electron chi connectivity index (χ2n) is 8.78. The molecule has 6 nitrogen and oxygen atoms in total. The van der Waals surface area contributed by atoms with Crippen molar-refractivity contribution in [3.05, 3.63) is 63.1 Å². The number of nitrogens with one attached hydrogen (secondary N) is 1. The van der Waals surface area contributed by atoms with Gasteiger partial charge in [0, 0.05) is 50.1 Å². The van der Waals surface area contributed by atoms with E-state index in [9.17, 15) is 14.0 Å². The molecule has 0 bridgehead atoms. The summed E-state index contributed by atoms with van der Waals surface area (Å²) >= 11 is 0. The predicted molar refractivity (Wildman–Crippen MR) is 111 cm³/mol. The number of benzene rings is 1. The van der Waals surface area contributed by atoms with Crippen LogP contribution in [0.1, 0.15) is 65.5 Å². The number of rotatable bonds is 3. The van der Waals surface area contributed by atoms with E-state index in [1.165, 1.54) is 37.8 Å². The smallest absolute Gasteiger partial charge is 0.255 e. The van der Waals surface area contributed by atoms with Crippen molar-refractivity contribution in [2.75, 3.05) is 19.6 Å². The molecule has 1 atom stereocenters. The fourth-order valence-corrected chi connectivity index (χ4v) is 5.21. The summed E-state index contributed by atoms with van der Waals surface area (Å²) in [5.41, 5.74) is 2.04. The minimum absolute atomic E-state index is 0.00775. The van der Waals surface area contributed by atoms with Gasteiger partial charge in [-0.15, -0.1) is 0 Å². The van der Waals surface area contributed by atoms with Crippen LogP contribution in [-0.2, 0) is 13.0 Å². The average Bonchev–Trinajstić information content (AvgIpc) is 3.45. The van der Waals surface area contributed by atoms with E-state index in [-0.39, 0.29) is 17.4 Å². The van der Waals surface area contributed by atoms with Crippen LogP contribution in [0.3, 0.4) is 0 Å². The molecule has 2 aromatic rings. The van der Waals surface area contributed by atoms with Gasteiger partial charge in [0.2, 0.25) is 0 Å². The average molecular weight is 410 g/mol. The Kier molecular flexibility index (Phi) is 5.15. The molecule has 0 spiro atoms. The molecule has 30 heavy (non-hydrogen) atoms. The maximum absolute atomic E-state index is 13.5. The van der Waals surface area contributed by atoms with Crippen molar-refractivity contribution in [3.63, 3.8) is 0 Å². The number of amides is 1. The number of H-pyrrole nitrogens is 1. The standard InChI is InChI=1S/C23H27FN4O2/c24-17-5-3-4-15(12-17)23(30)28-10-8-16(13-28)21-25-20-9-11-27(18-6-1-2-7-18)14-19(20)22(29)26-21/h3-5,12,16,18H,1-2,6-11,13-14H2,(H,25,26,29)/t16-/m0/s1. The van der Waals surface area contributed by atoms with Crippen LogP contribution in [-0.4, -0.2) is 51.4 Å². The lowest BCUT2D eigenvalue weighted by Gasteiger charge is -2.32. The highest BCUT2D eigenvalue weighted by Gasteiger charge is 2.32. The van der Waals surface area contributed by atoms with E-state index < -0.39 is 5.82 Å². The zero-order chi connectivity index (χ0) is 20.7. The Hall–Kier alpha value is -2.54. The van der Waals surface area contributed by atoms with Crippen molar-refractivity contribution in [1.82, 2.24) is 19.8 Å². The van der Waals surface area contributed by atoms with Crippen LogP contribution in [0.4, 0.5) is 4.39 Å². The number of carbonyl (C=O) groups excluding carboxylic acids is 1. The third kappa shape index (κ3) is 3.67. The summed E-state index contributed by atoms with van der Waals surface area (Å²) in [7, 11) is 0. The minimum Gasteiger partial charge on any atom is -0.338 e. The third-order valence-electron chi connectivity index (χ3n) is 6.89. The van der Waals surface area contributed by atoms with Gasteiger partial charge in [-0.1, -0.05) is 18.9 Å². The second kappa shape index (κ2) is 7.95. The van der Waals surface area contributed by atoms with E-state index in [2.05, 4.69) is 9.88 Å². The molecule has 1 amide bonds. The van der Waals surface area contributed by atoms with Crippen LogP contribution < -0.4 is 5.56 Å². The normalized spacial score (nSPS) is 22.4. The molecule has 158 valence electrons. The summed E-state index contributed by atoms with van der Waals surface area (Å²) in [4.78, 5) is 37.5. The zero-order valence-electron chi connectivity index (χ0n) is 17.1. The summed E-state index contributed by atoms with van der Waals surface area (Å²) < 4.78 is 13.5. The monoisotopic (exact) mass is 410 g/mol. The number of carbonyl (C=O) groups is 1. The van der Waals surface area contributed by atoms with E-state index in [1.807, 2.05) is 0 Å². The Morgan fingerprint density at radius 1 is 1.17 bits per heavy atom. The molecular formula is C23H27FN4O2.